The second-order valence-corrected chi connectivity index (χ2v) is 4.90. The van der Waals surface area contributed by atoms with Crippen molar-refractivity contribution in [1.82, 2.24) is 20.3 Å². The van der Waals surface area contributed by atoms with Crippen molar-refractivity contribution in [3.63, 3.8) is 0 Å². The summed E-state index contributed by atoms with van der Waals surface area (Å²) in [5.41, 5.74) is 1.40. The van der Waals surface area contributed by atoms with Crippen LogP contribution in [0.15, 0.2) is 18.3 Å². The molecule has 2 aromatic rings. The highest BCUT2D eigenvalue weighted by molar-refractivity contribution is 6.40. The van der Waals surface area contributed by atoms with E-state index in [0.717, 1.165) is 12.2 Å². The summed E-state index contributed by atoms with van der Waals surface area (Å²) in [7, 11) is 0. The van der Waals surface area contributed by atoms with E-state index in [1.165, 1.54) is 0 Å². The fourth-order valence-corrected chi connectivity index (χ4v) is 2.49. The average molecular weight is 306 g/mol. The third kappa shape index (κ3) is 2.95. The van der Waals surface area contributed by atoms with Crippen molar-refractivity contribution in [2.24, 2.45) is 0 Å². The van der Waals surface area contributed by atoms with E-state index in [0.29, 0.717) is 27.3 Å². The lowest BCUT2D eigenvalue weighted by Gasteiger charge is -2.06. The molecule has 0 unspecified atom stereocenters. The molecule has 0 bridgehead atoms. The number of aromatic nitrogens is 3. The Bertz CT molecular complexity index is 530. The quantitative estimate of drug-likeness (QED) is 0.942. The molecular weight excluding hydrogens is 295 g/mol. The van der Waals surface area contributed by atoms with Crippen LogP contribution in [0.3, 0.4) is 0 Å². The molecule has 0 amide bonds. The first kappa shape index (κ1) is 13.6. The minimum Gasteiger partial charge on any atom is -0.311 e. The molecule has 1 heterocycles. The van der Waals surface area contributed by atoms with E-state index in [-0.39, 0.29) is 0 Å². The molecule has 1 N–H and O–H groups in total. The lowest BCUT2D eigenvalue weighted by atomic mass is 10.3. The van der Waals surface area contributed by atoms with Gasteiger partial charge in [-0.1, -0.05) is 46.9 Å². The van der Waals surface area contributed by atoms with Crippen LogP contribution in [0.25, 0.3) is 5.69 Å². The highest BCUT2D eigenvalue weighted by Gasteiger charge is 2.12. The largest absolute Gasteiger partial charge is 0.311 e. The number of rotatable bonds is 4. The smallest absolute Gasteiger partial charge is 0.104 e. The molecule has 2 rings (SSSR count). The van der Waals surface area contributed by atoms with Gasteiger partial charge in [-0.2, -0.15) is 0 Å². The highest BCUT2D eigenvalue weighted by Crippen LogP contribution is 2.31. The Morgan fingerprint density at radius 3 is 2.50 bits per heavy atom. The fraction of sp³-hybridized carbons (Fsp3) is 0.273. The maximum atomic E-state index is 6.11. The van der Waals surface area contributed by atoms with Crippen LogP contribution >= 0.6 is 34.8 Å². The van der Waals surface area contributed by atoms with Gasteiger partial charge in [0.2, 0.25) is 0 Å². The zero-order valence-corrected chi connectivity index (χ0v) is 11.9. The Kier molecular flexibility index (Phi) is 4.45. The summed E-state index contributed by atoms with van der Waals surface area (Å²) in [4.78, 5) is 0. The van der Waals surface area contributed by atoms with Gasteiger partial charge in [0.15, 0.2) is 0 Å². The second-order valence-electron chi connectivity index (χ2n) is 3.65. The van der Waals surface area contributed by atoms with Gasteiger partial charge in [0.1, 0.15) is 5.69 Å². The molecular formula is C11H11Cl3N4. The molecule has 0 aliphatic heterocycles. The maximum Gasteiger partial charge on any atom is 0.104 e. The van der Waals surface area contributed by atoms with Crippen molar-refractivity contribution in [2.45, 2.75) is 13.5 Å². The molecule has 4 nitrogen and oxygen atoms in total. The van der Waals surface area contributed by atoms with Crippen LogP contribution < -0.4 is 5.32 Å². The van der Waals surface area contributed by atoms with E-state index in [1.54, 1.807) is 23.0 Å². The predicted octanol–water partition coefficient (Wildman–Crippen LogP) is 3.34. The minimum atomic E-state index is 0.437. The molecule has 96 valence electrons. The Labute approximate surface area is 120 Å². The molecule has 0 radical (unpaired) electrons. The molecule has 1 aromatic heterocycles. The normalized spacial score (nSPS) is 10.9. The standard InChI is InChI=1S/C11H11Cl3N4/c1-2-15-5-8-6-18(17-16-8)11-9(13)3-7(12)4-10(11)14/h3-4,6,15H,2,5H2,1H3. The summed E-state index contributed by atoms with van der Waals surface area (Å²) in [6.07, 6.45) is 1.78. The molecule has 0 atom stereocenters. The van der Waals surface area contributed by atoms with Crippen molar-refractivity contribution in [1.29, 1.82) is 0 Å². The minimum absolute atomic E-state index is 0.437. The van der Waals surface area contributed by atoms with Gasteiger partial charge in [0.05, 0.1) is 21.9 Å². The van der Waals surface area contributed by atoms with Crippen molar-refractivity contribution in [2.75, 3.05) is 6.54 Å². The van der Waals surface area contributed by atoms with Crippen LogP contribution in [0.2, 0.25) is 15.1 Å². The Morgan fingerprint density at radius 2 is 1.89 bits per heavy atom. The first-order valence-electron chi connectivity index (χ1n) is 5.38. The number of halogens is 3. The molecule has 0 aliphatic carbocycles. The van der Waals surface area contributed by atoms with Gasteiger partial charge >= 0.3 is 0 Å². The molecule has 18 heavy (non-hydrogen) atoms. The van der Waals surface area contributed by atoms with E-state index in [2.05, 4.69) is 15.6 Å². The van der Waals surface area contributed by atoms with Gasteiger partial charge in [-0.3, -0.25) is 0 Å². The lowest BCUT2D eigenvalue weighted by Crippen LogP contribution is -2.11. The monoisotopic (exact) mass is 304 g/mol. The SMILES string of the molecule is CCNCc1cn(-c2c(Cl)cc(Cl)cc2Cl)nn1. The summed E-state index contributed by atoms with van der Waals surface area (Å²) >= 11 is 18.1. The summed E-state index contributed by atoms with van der Waals surface area (Å²) in [5, 5.41) is 12.6. The molecule has 0 aliphatic rings. The Balaban J connectivity index is 2.34. The van der Waals surface area contributed by atoms with Crippen LogP contribution in [0.1, 0.15) is 12.6 Å². The van der Waals surface area contributed by atoms with Gasteiger partial charge in [0, 0.05) is 11.6 Å². The van der Waals surface area contributed by atoms with Gasteiger partial charge in [-0.25, -0.2) is 4.68 Å². The molecule has 0 spiro atoms. The van der Waals surface area contributed by atoms with Crippen molar-refractivity contribution >= 4 is 34.8 Å². The van der Waals surface area contributed by atoms with E-state index in [4.69, 9.17) is 34.8 Å². The van der Waals surface area contributed by atoms with Crippen molar-refractivity contribution < 1.29 is 0 Å². The average Bonchev–Trinajstić information content (AvgIpc) is 2.73. The highest BCUT2D eigenvalue weighted by atomic mass is 35.5. The van der Waals surface area contributed by atoms with E-state index in [9.17, 15) is 0 Å². The van der Waals surface area contributed by atoms with Gasteiger partial charge in [0.25, 0.3) is 0 Å². The fourth-order valence-electron chi connectivity index (χ4n) is 1.50. The third-order valence-corrected chi connectivity index (χ3v) is 3.10. The van der Waals surface area contributed by atoms with Crippen molar-refractivity contribution in [3.05, 3.63) is 39.1 Å². The number of nitrogens with one attached hydrogen (secondary N) is 1. The van der Waals surface area contributed by atoms with Crippen LogP contribution in [0.5, 0.6) is 0 Å². The van der Waals surface area contributed by atoms with Gasteiger partial charge in [-0.15, -0.1) is 5.10 Å². The molecule has 7 heteroatoms. The number of benzene rings is 1. The second kappa shape index (κ2) is 5.89. The maximum absolute atomic E-state index is 6.11. The van der Waals surface area contributed by atoms with Crippen LogP contribution in [-0.4, -0.2) is 21.5 Å². The number of nitrogens with zero attached hydrogens (tertiary/aromatic N) is 3. The molecule has 0 fully saturated rings. The topological polar surface area (TPSA) is 42.7 Å². The van der Waals surface area contributed by atoms with E-state index < -0.39 is 0 Å². The third-order valence-electron chi connectivity index (χ3n) is 2.31. The summed E-state index contributed by atoms with van der Waals surface area (Å²) in [6, 6.07) is 3.24. The summed E-state index contributed by atoms with van der Waals surface area (Å²) < 4.78 is 1.55. The van der Waals surface area contributed by atoms with Gasteiger partial charge < -0.3 is 5.32 Å². The molecule has 1 aromatic carbocycles. The number of hydrogen-bond donors (Lipinski definition) is 1. The van der Waals surface area contributed by atoms with Crippen LogP contribution in [0, 0.1) is 0 Å². The first-order valence-corrected chi connectivity index (χ1v) is 6.52. The molecule has 0 saturated heterocycles. The zero-order valence-electron chi connectivity index (χ0n) is 9.62. The Hall–Kier alpha value is -0.810. The lowest BCUT2D eigenvalue weighted by molar-refractivity contribution is 0.705. The van der Waals surface area contributed by atoms with Gasteiger partial charge in [-0.05, 0) is 18.7 Å². The Morgan fingerprint density at radius 1 is 1.22 bits per heavy atom. The number of hydrogen-bond acceptors (Lipinski definition) is 3. The van der Waals surface area contributed by atoms with Crippen LogP contribution in [0.4, 0.5) is 0 Å². The zero-order chi connectivity index (χ0) is 13.1. The summed E-state index contributed by atoms with van der Waals surface area (Å²) in [5.74, 6) is 0. The summed E-state index contributed by atoms with van der Waals surface area (Å²) in [6.45, 7) is 3.55. The van der Waals surface area contributed by atoms with E-state index in [1.807, 2.05) is 6.92 Å². The van der Waals surface area contributed by atoms with Crippen molar-refractivity contribution in [3.8, 4) is 5.69 Å². The first-order chi connectivity index (χ1) is 8.61. The molecule has 0 saturated carbocycles. The van der Waals surface area contributed by atoms with Crippen LogP contribution in [-0.2, 0) is 6.54 Å². The van der Waals surface area contributed by atoms with E-state index >= 15 is 0 Å². The predicted molar refractivity (Wildman–Crippen MR) is 73.8 cm³/mol.